The molecule has 0 radical (unpaired) electrons. The summed E-state index contributed by atoms with van der Waals surface area (Å²) in [6.07, 6.45) is 0. The molecule has 1 aliphatic heterocycles. The third-order valence-electron chi connectivity index (χ3n) is 4.41. The molecule has 2 aromatic carbocycles. The van der Waals surface area contributed by atoms with Gasteiger partial charge < -0.3 is 14.8 Å². The Labute approximate surface area is 163 Å². The second kappa shape index (κ2) is 8.68. The van der Waals surface area contributed by atoms with Gasteiger partial charge in [-0.05, 0) is 24.3 Å². The van der Waals surface area contributed by atoms with Crippen molar-refractivity contribution in [1.29, 1.82) is 0 Å². The number of carbonyl (C=O) groups is 1. The van der Waals surface area contributed by atoms with Gasteiger partial charge in [-0.2, -0.15) is 4.31 Å². The lowest BCUT2D eigenvalue weighted by atomic mass is 10.1. The van der Waals surface area contributed by atoms with Gasteiger partial charge in [0, 0.05) is 30.8 Å². The maximum Gasteiger partial charge on any atom is 0.251 e. The zero-order valence-electron chi connectivity index (χ0n) is 15.4. The molecule has 9 heteroatoms. The molecule has 7 nitrogen and oxygen atoms in total. The minimum atomic E-state index is -4.05. The lowest BCUT2D eigenvalue weighted by molar-refractivity contribution is 0.0729. The monoisotopic (exact) mass is 408 g/mol. The van der Waals surface area contributed by atoms with Crippen LogP contribution in [-0.4, -0.2) is 52.0 Å². The van der Waals surface area contributed by atoms with Crippen LogP contribution in [0.1, 0.15) is 15.9 Å². The Bertz CT molecular complexity index is 959. The van der Waals surface area contributed by atoms with Crippen LogP contribution in [0.4, 0.5) is 4.39 Å². The highest BCUT2D eigenvalue weighted by atomic mass is 32.2. The first kappa shape index (κ1) is 20.2. The Hall–Kier alpha value is -2.49. The first-order valence-corrected chi connectivity index (χ1v) is 10.1. The molecule has 0 unspecified atom stereocenters. The average molecular weight is 408 g/mol. The number of amides is 1. The summed E-state index contributed by atoms with van der Waals surface area (Å²) in [6.45, 7) is 0.976. The standard InChI is InChI=1S/C19H21FN2O5S/c1-26-17-5-3-2-4-15(17)13-21-19(23)14-6-7-16(20)18(12-14)28(24,25)22-8-10-27-11-9-22/h2-7,12H,8-11,13H2,1H3,(H,21,23). The molecule has 0 saturated carbocycles. The summed E-state index contributed by atoms with van der Waals surface area (Å²) in [6, 6.07) is 10.5. The van der Waals surface area contributed by atoms with Crippen LogP contribution in [0.3, 0.4) is 0 Å². The van der Waals surface area contributed by atoms with E-state index < -0.39 is 26.6 Å². The molecule has 28 heavy (non-hydrogen) atoms. The fraction of sp³-hybridized carbons (Fsp3) is 0.316. The first-order chi connectivity index (χ1) is 13.4. The fourth-order valence-corrected chi connectivity index (χ4v) is 4.39. The van der Waals surface area contributed by atoms with Crippen LogP contribution >= 0.6 is 0 Å². The molecular weight excluding hydrogens is 387 g/mol. The number of benzene rings is 2. The second-order valence-electron chi connectivity index (χ2n) is 6.16. The predicted octanol–water partition coefficient (Wildman–Crippen LogP) is 1.79. The summed E-state index contributed by atoms with van der Waals surface area (Å²) in [5.74, 6) is -0.783. The van der Waals surface area contributed by atoms with E-state index in [2.05, 4.69) is 5.32 Å². The third-order valence-corrected chi connectivity index (χ3v) is 6.33. The lowest BCUT2D eigenvalue weighted by Crippen LogP contribution is -2.41. The minimum Gasteiger partial charge on any atom is -0.496 e. The van der Waals surface area contributed by atoms with E-state index in [1.54, 1.807) is 12.1 Å². The molecule has 1 saturated heterocycles. The normalized spacial score (nSPS) is 15.2. The molecule has 0 bridgehead atoms. The average Bonchev–Trinajstić information content (AvgIpc) is 2.73. The molecule has 2 aromatic rings. The number of hydrogen-bond donors (Lipinski definition) is 1. The maximum absolute atomic E-state index is 14.2. The maximum atomic E-state index is 14.2. The number of methoxy groups -OCH3 is 1. The van der Waals surface area contributed by atoms with E-state index in [1.807, 2.05) is 12.1 Å². The van der Waals surface area contributed by atoms with Crippen LogP contribution < -0.4 is 10.1 Å². The van der Waals surface area contributed by atoms with E-state index >= 15 is 0 Å². The Balaban J connectivity index is 1.79. The van der Waals surface area contributed by atoms with E-state index in [0.717, 1.165) is 22.0 Å². The van der Waals surface area contributed by atoms with E-state index in [0.29, 0.717) is 5.75 Å². The lowest BCUT2D eigenvalue weighted by Gasteiger charge is -2.26. The van der Waals surface area contributed by atoms with Crippen LogP contribution in [0, 0.1) is 5.82 Å². The van der Waals surface area contributed by atoms with E-state index in [1.165, 1.54) is 13.2 Å². The minimum absolute atomic E-state index is 0.0585. The number of carbonyl (C=O) groups excluding carboxylic acids is 1. The molecular formula is C19H21FN2O5S. The van der Waals surface area contributed by atoms with Crippen molar-refractivity contribution in [3.63, 3.8) is 0 Å². The summed E-state index contributed by atoms with van der Waals surface area (Å²) < 4.78 is 51.2. The molecule has 1 aliphatic rings. The highest BCUT2D eigenvalue weighted by Crippen LogP contribution is 2.22. The molecule has 1 amide bonds. The molecule has 0 atom stereocenters. The number of hydrogen-bond acceptors (Lipinski definition) is 5. The SMILES string of the molecule is COc1ccccc1CNC(=O)c1ccc(F)c(S(=O)(=O)N2CCOCC2)c1. The van der Waals surface area contributed by atoms with Crippen LogP contribution in [0.5, 0.6) is 5.75 Å². The van der Waals surface area contributed by atoms with Crippen LogP contribution in [0.15, 0.2) is 47.4 Å². The van der Waals surface area contributed by atoms with Crippen molar-refractivity contribution in [3.8, 4) is 5.75 Å². The summed E-state index contributed by atoms with van der Waals surface area (Å²) in [5, 5.41) is 2.70. The summed E-state index contributed by atoms with van der Waals surface area (Å²) >= 11 is 0. The van der Waals surface area contributed by atoms with Gasteiger partial charge in [0.15, 0.2) is 0 Å². The first-order valence-electron chi connectivity index (χ1n) is 8.71. The van der Waals surface area contributed by atoms with Crippen LogP contribution in [-0.2, 0) is 21.3 Å². The molecule has 1 N–H and O–H groups in total. The molecule has 150 valence electrons. The highest BCUT2D eigenvalue weighted by molar-refractivity contribution is 7.89. The quantitative estimate of drug-likeness (QED) is 0.788. The number of morpholine rings is 1. The molecule has 0 spiro atoms. The highest BCUT2D eigenvalue weighted by Gasteiger charge is 2.29. The third kappa shape index (κ3) is 4.32. The van der Waals surface area contributed by atoms with Gasteiger partial charge in [0.25, 0.3) is 5.91 Å². The fourth-order valence-electron chi connectivity index (χ4n) is 2.89. The van der Waals surface area contributed by atoms with E-state index in [-0.39, 0.29) is 38.4 Å². The van der Waals surface area contributed by atoms with Gasteiger partial charge >= 0.3 is 0 Å². The van der Waals surface area contributed by atoms with E-state index in [4.69, 9.17) is 9.47 Å². The topological polar surface area (TPSA) is 84.9 Å². The second-order valence-corrected chi connectivity index (χ2v) is 8.06. The Morgan fingerprint density at radius 3 is 2.64 bits per heavy atom. The number of halogens is 1. The van der Waals surface area contributed by atoms with Crippen LogP contribution in [0.2, 0.25) is 0 Å². The smallest absolute Gasteiger partial charge is 0.251 e. The van der Waals surface area contributed by atoms with Gasteiger partial charge in [-0.15, -0.1) is 0 Å². The molecule has 3 rings (SSSR count). The zero-order chi connectivity index (χ0) is 20.1. The van der Waals surface area contributed by atoms with Gasteiger partial charge in [0.2, 0.25) is 10.0 Å². The van der Waals surface area contributed by atoms with Gasteiger partial charge in [-0.3, -0.25) is 4.79 Å². The van der Waals surface area contributed by atoms with Crippen LogP contribution in [0.25, 0.3) is 0 Å². The van der Waals surface area contributed by atoms with Gasteiger partial charge in [-0.25, -0.2) is 12.8 Å². The Kier molecular flexibility index (Phi) is 6.28. The Morgan fingerprint density at radius 2 is 1.93 bits per heavy atom. The number of nitrogens with zero attached hydrogens (tertiary/aromatic N) is 1. The number of para-hydroxylation sites is 1. The molecule has 1 heterocycles. The van der Waals surface area contributed by atoms with Crippen molar-refractivity contribution in [3.05, 3.63) is 59.4 Å². The van der Waals surface area contributed by atoms with Crippen molar-refractivity contribution >= 4 is 15.9 Å². The molecule has 0 aliphatic carbocycles. The van der Waals surface area contributed by atoms with Crippen molar-refractivity contribution in [1.82, 2.24) is 9.62 Å². The van der Waals surface area contributed by atoms with Crippen molar-refractivity contribution in [2.75, 3.05) is 33.4 Å². The van der Waals surface area contributed by atoms with Crippen molar-refractivity contribution < 1.29 is 27.1 Å². The summed E-state index contributed by atoms with van der Waals surface area (Å²) in [5.41, 5.74) is 0.824. The van der Waals surface area contributed by atoms with E-state index in [9.17, 15) is 17.6 Å². The number of nitrogens with one attached hydrogen (secondary N) is 1. The zero-order valence-corrected chi connectivity index (χ0v) is 16.2. The largest absolute Gasteiger partial charge is 0.496 e. The predicted molar refractivity (Wildman–Crippen MR) is 100 cm³/mol. The van der Waals surface area contributed by atoms with Crippen molar-refractivity contribution in [2.45, 2.75) is 11.4 Å². The Morgan fingerprint density at radius 1 is 1.21 bits per heavy atom. The molecule has 1 fully saturated rings. The summed E-state index contributed by atoms with van der Waals surface area (Å²) in [4.78, 5) is 12.0. The van der Waals surface area contributed by atoms with Gasteiger partial charge in [0.05, 0.1) is 20.3 Å². The summed E-state index contributed by atoms with van der Waals surface area (Å²) in [7, 11) is -2.52. The van der Waals surface area contributed by atoms with Gasteiger partial charge in [0.1, 0.15) is 16.5 Å². The van der Waals surface area contributed by atoms with Gasteiger partial charge in [-0.1, -0.05) is 18.2 Å². The molecule has 0 aromatic heterocycles. The number of rotatable bonds is 6. The number of ether oxygens (including phenoxy) is 2. The number of sulfonamides is 1. The van der Waals surface area contributed by atoms with Crippen molar-refractivity contribution in [2.24, 2.45) is 0 Å².